The summed E-state index contributed by atoms with van der Waals surface area (Å²) >= 11 is 0. The summed E-state index contributed by atoms with van der Waals surface area (Å²) in [6.45, 7) is 8.33. The fraction of sp³-hybridized carbons (Fsp3) is 0.818. The highest BCUT2D eigenvalue weighted by atomic mass is 16.5. The Balaban J connectivity index is 1.77. The molecule has 1 heterocycles. The van der Waals surface area contributed by atoms with Crippen molar-refractivity contribution in [2.45, 2.75) is 110 Å². The van der Waals surface area contributed by atoms with Crippen molar-refractivity contribution in [3.05, 3.63) is 24.4 Å². The molecule has 0 bridgehead atoms. The maximum absolute atomic E-state index is 5.24. The number of nitrogens with one attached hydrogen (secondary N) is 1. The molecule has 0 fully saturated rings. The lowest BCUT2D eigenvalue weighted by Gasteiger charge is -2.11. The molecule has 1 aliphatic rings. The molecule has 0 aliphatic carbocycles. The quantitative estimate of drug-likeness (QED) is 0.296. The third-order valence-electron chi connectivity index (χ3n) is 5.13. The molecular weight excluding hydrogens is 294 g/mol. The van der Waals surface area contributed by atoms with E-state index in [9.17, 15) is 0 Å². The summed E-state index contributed by atoms with van der Waals surface area (Å²) in [5.74, 6) is 1.22. The van der Waals surface area contributed by atoms with E-state index in [4.69, 9.17) is 4.74 Å². The van der Waals surface area contributed by atoms with Crippen LogP contribution in [0.15, 0.2) is 24.4 Å². The Morgan fingerprint density at radius 2 is 1.29 bits per heavy atom. The summed E-state index contributed by atoms with van der Waals surface area (Å²) < 4.78 is 5.24. The average Bonchev–Trinajstić information content (AvgIpc) is 3.01. The van der Waals surface area contributed by atoms with Crippen LogP contribution in [0.5, 0.6) is 0 Å². The Hall–Kier alpha value is -0.920. The van der Waals surface area contributed by atoms with Gasteiger partial charge >= 0.3 is 0 Å². The Kier molecular flexibility index (Phi) is 12.7. The van der Waals surface area contributed by atoms with Crippen molar-refractivity contribution in [1.29, 1.82) is 0 Å². The predicted octanol–water partition coefficient (Wildman–Crippen LogP) is 7.43. The fourth-order valence-corrected chi connectivity index (χ4v) is 3.39. The molecule has 0 aromatic carbocycles. The van der Waals surface area contributed by atoms with Gasteiger partial charge in [0.2, 0.25) is 0 Å². The first-order chi connectivity index (χ1) is 11.7. The minimum absolute atomic E-state index is 0.557. The standard InChI is InChI=1S/C22H41NO/c1-4-5-6-7-8-9-10-11-12-13-14-15-16-17-18-20(2)22-19-24-21(3)23-22/h19-20,23H,3-18H2,1-2H3. The van der Waals surface area contributed by atoms with Gasteiger partial charge in [-0.3, -0.25) is 0 Å². The van der Waals surface area contributed by atoms with Crippen LogP contribution >= 0.6 is 0 Å². The predicted molar refractivity (Wildman–Crippen MR) is 106 cm³/mol. The summed E-state index contributed by atoms with van der Waals surface area (Å²) in [5, 5.41) is 3.20. The number of ether oxygens (including phenoxy) is 1. The second kappa shape index (κ2) is 14.4. The maximum Gasteiger partial charge on any atom is 0.189 e. The molecule has 140 valence electrons. The highest BCUT2D eigenvalue weighted by Crippen LogP contribution is 2.21. The van der Waals surface area contributed by atoms with Gasteiger partial charge in [0.05, 0.1) is 5.70 Å². The Labute approximate surface area is 151 Å². The number of rotatable bonds is 16. The first-order valence-corrected chi connectivity index (χ1v) is 10.6. The molecule has 0 aromatic rings. The molecule has 0 amide bonds. The van der Waals surface area contributed by atoms with E-state index in [2.05, 4.69) is 25.7 Å². The van der Waals surface area contributed by atoms with Crippen LogP contribution in [0.2, 0.25) is 0 Å². The number of hydrogen-bond acceptors (Lipinski definition) is 2. The van der Waals surface area contributed by atoms with E-state index >= 15 is 0 Å². The van der Waals surface area contributed by atoms with Gasteiger partial charge in [-0.15, -0.1) is 0 Å². The smallest absolute Gasteiger partial charge is 0.189 e. The van der Waals surface area contributed by atoms with Crippen LogP contribution in [0.25, 0.3) is 0 Å². The lowest BCUT2D eigenvalue weighted by atomic mass is 9.99. The van der Waals surface area contributed by atoms with Gasteiger partial charge in [0, 0.05) is 0 Å². The third kappa shape index (κ3) is 10.8. The fourth-order valence-electron chi connectivity index (χ4n) is 3.39. The van der Waals surface area contributed by atoms with Crippen molar-refractivity contribution in [2.24, 2.45) is 5.92 Å². The van der Waals surface area contributed by atoms with E-state index in [1.807, 2.05) is 6.26 Å². The van der Waals surface area contributed by atoms with Crippen molar-refractivity contribution < 1.29 is 4.74 Å². The zero-order valence-electron chi connectivity index (χ0n) is 16.4. The van der Waals surface area contributed by atoms with Crippen LogP contribution in [0.1, 0.15) is 110 Å². The molecule has 1 rings (SSSR count). The van der Waals surface area contributed by atoms with Crippen molar-refractivity contribution in [3.63, 3.8) is 0 Å². The molecule has 0 radical (unpaired) electrons. The van der Waals surface area contributed by atoms with E-state index in [0.29, 0.717) is 11.8 Å². The van der Waals surface area contributed by atoms with Crippen molar-refractivity contribution in [3.8, 4) is 0 Å². The van der Waals surface area contributed by atoms with Crippen molar-refractivity contribution in [1.82, 2.24) is 5.32 Å². The molecule has 0 saturated heterocycles. The zero-order valence-corrected chi connectivity index (χ0v) is 16.4. The van der Waals surface area contributed by atoms with E-state index in [-0.39, 0.29) is 0 Å². The highest BCUT2D eigenvalue weighted by molar-refractivity contribution is 5.12. The summed E-state index contributed by atoms with van der Waals surface area (Å²) in [7, 11) is 0. The molecule has 0 spiro atoms. The summed E-state index contributed by atoms with van der Waals surface area (Å²) in [6.07, 6.45) is 23.0. The average molecular weight is 336 g/mol. The van der Waals surface area contributed by atoms with Crippen LogP contribution in [0, 0.1) is 5.92 Å². The van der Waals surface area contributed by atoms with Gasteiger partial charge in [0.1, 0.15) is 6.26 Å². The molecule has 1 atom stereocenters. The topological polar surface area (TPSA) is 21.3 Å². The molecule has 2 nitrogen and oxygen atoms in total. The molecule has 1 N–H and O–H groups in total. The summed E-state index contributed by atoms with van der Waals surface area (Å²) in [5.41, 5.74) is 1.19. The van der Waals surface area contributed by atoms with Gasteiger partial charge in [-0.25, -0.2) is 0 Å². The second-order valence-corrected chi connectivity index (χ2v) is 7.53. The van der Waals surface area contributed by atoms with Crippen LogP contribution in [-0.2, 0) is 4.74 Å². The van der Waals surface area contributed by atoms with Crippen LogP contribution in [0.4, 0.5) is 0 Å². The highest BCUT2D eigenvalue weighted by Gasteiger charge is 2.14. The minimum atomic E-state index is 0.557. The van der Waals surface area contributed by atoms with Gasteiger partial charge in [-0.1, -0.05) is 104 Å². The van der Waals surface area contributed by atoms with E-state index in [1.165, 1.54) is 102 Å². The molecule has 2 heteroatoms. The number of allylic oxidation sites excluding steroid dienone is 1. The monoisotopic (exact) mass is 335 g/mol. The second-order valence-electron chi connectivity index (χ2n) is 7.53. The zero-order chi connectivity index (χ0) is 17.5. The van der Waals surface area contributed by atoms with Gasteiger partial charge in [0.25, 0.3) is 0 Å². The van der Waals surface area contributed by atoms with Crippen molar-refractivity contribution in [2.75, 3.05) is 0 Å². The van der Waals surface area contributed by atoms with Gasteiger partial charge in [0.15, 0.2) is 5.88 Å². The van der Waals surface area contributed by atoms with Crippen LogP contribution < -0.4 is 5.32 Å². The van der Waals surface area contributed by atoms with E-state index < -0.39 is 0 Å². The van der Waals surface area contributed by atoms with Gasteiger partial charge in [-0.05, 0) is 18.9 Å². The van der Waals surface area contributed by atoms with Crippen LogP contribution in [0.3, 0.4) is 0 Å². The normalized spacial score (nSPS) is 15.1. The van der Waals surface area contributed by atoms with Gasteiger partial charge < -0.3 is 10.1 Å². The Morgan fingerprint density at radius 1 is 0.833 bits per heavy atom. The molecule has 0 aromatic heterocycles. The molecule has 1 unspecified atom stereocenters. The lowest BCUT2D eigenvalue weighted by Crippen LogP contribution is -2.12. The lowest BCUT2D eigenvalue weighted by molar-refractivity contribution is 0.359. The van der Waals surface area contributed by atoms with Gasteiger partial charge in [-0.2, -0.15) is 0 Å². The third-order valence-corrected chi connectivity index (χ3v) is 5.13. The molecule has 0 saturated carbocycles. The first-order valence-electron chi connectivity index (χ1n) is 10.6. The van der Waals surface area contributed by atoms with Crippen LogP contribution in [-0.4, -0.2) is 0 Å². The molecular formula is C22H41NO. The molecule has 24 heavy (non-hydrogen) atoms. The SMILES string of the molecule is C=C1NC(C(C)CCCCCCCCCCCCCCCC)=CO1. The maximum atomic E-state index is 5.24. The van der Waals surface area contributed by atoms with E-state index in [1.54, 1.807) is 0 Å². The minimum Gasteiger partial charge on any atom is -0.448 e. The van der Waals surface area contributed by atoms with Crippen molar-refractivity contribution >= 4 is 0 Å². The molecule has 1 aliphatic heterocycles. The Morgan fingerprint density at radius 3 is 1.71 bits per heavy atom. The largest absolute Gasteiger partial charge is 0.448 e. The first kappa shape index (κ1) is 21.1. The van der Waals surface area contributed by atoms with E-state index in [0.717, 1.165) is 0 Å². The Bertz CT molecular complexity index is 348. The summed E-state index contributed by atoms with van der Waals surface area (Å²) in [4.78, 5) is 0. The number of hydrogen-bond donors (Lipinski definition) is 1. The summed E-state index contributed by atoms with van der Waals surface area (Å²) in [6, 6.07) is 0. The number of unbranched alkanes of at least 4 members (excludes halogenated alkanes) is 13.